The third kappa shape index (κ3) is 6.77. The van der Waals surface area contributed by atoms with E-state index in [1.54, 1.807) is 0 Å². The maximum atomic E-state index is 12.0. The van der Waals surface area contributed by atoms with E-state index in [-0.39, 0.29) is 35.3 Å². The Labute approximate surface area is 200 Å². The van der Waals surface area contributed by atoms with Crippen molar-refractivity contribution in [3.05, 3.63) is 12.7 Å². The molecule has 0 fully saturated rings. The molecule has 0 spiro atoms. The van der Waals surface area contributed by atoms with Gasteiger partial charge in [0.25, 0.3) is 0 Å². The highest BCUT2D eigenvalue weighted by Crippen LogP contribution is 2.37. The first-order valence-corrected chi connectivity index (χ1v) is 12.4. The minimum absolute atomic E-state index is 0.00359. The topological polar surface area (TPSA) is 152 Å². The number of rotatable bonds is 11. The minimum Gasteiger partial charge on any atom is -0.385 e. The summed E-state index contributed by atoms with van der Waals surface area (Å²) in [5.41, 5.74) is 5.75. The summed E-state index contributed by atoms with van der Waals surface area (Å²) in [6.45, 7) is 5.17. The van der Waals surface area contributed by atoms with Crippen molar-refractivity contribution in [2.24, 2.45) is 5.41 Å². The van der Waals surface area contributed by atoms with Gasteiger partial charge < -0.3 is 24.6 Å². The molecule has 0 aliphatic rings. The van der Waals surface area contributed by atoms with Crippen molar-refractivity contribution in [3.8, 4) is 0 Å². The fraction of sp³-hybridized carbons (Fsp3) is 0.647. The van der Waals surface area contributed by atoms with E-state index in [2.05, 4.69) is 15.0 Å². The SMILES string of the molecule is CO[C@H](CO[PH](=O)OCCSC(=O)C(C)(C)C)[C@@H](O)C(Cl)(Cl)n1cnc2c(N)ncnc21. The minimum atomic E-state index is -2.91. The third-order valence-corrected chi connectivity index (χ3v) is 7.11. The lowest BCUT2D eigenvalue weighted by Crippen LogP contribution is -2.45. The Morgan fingerprint density at radius 2 is 2.00 bits per heavy atom. The number of fused-ring (bicyclic) bond motifs is 1. The average molecular weight is 530 g/mol. The normalized spacial score (nSPS) is 15.6. The Kier molecular flexibility index (Phi) is 9.74. The molecular formula is C17H26Cl2N5O6PS. The van der Waals surface area contributed by atoms with Crippen molar-refractivity contribution in [3.63, 3.8) is 0 Å². The standard InChI is InChI=1S/C17H26Cl2N5O6PS/c1-16(2,3)15(26)32-6-5-29-31(27)30-7-10(28-4)12(25)17(18,19)24-9-23-11-13(20)21-8-22-14(11)24/h8-10,12,25,31H,5-7H2,1-4H3,(H2,20,21,22)/t10-,12-/m1/s1. The van der Waals surface area contributed by atoms with E-state index in [1.165, 1.54) is 24.3 Å². The fourth-order valence-corrected chi connectivity index (χ4v) is 4.51. The van der Waals surface area contributed by atoms with Gasteiger partial charge in [0.15, 0.2) is 16.6 Å². The number of carbonyl (C=O) groups is 1. The lowest BCUT2D eigenvalue weighted by Gasteiger charge is -2.32. The molecule has 1 unspecified atom stereocenters. The first-order valence-electron chi connectivity index (χ1n) is 9.39. The van der Waals surface area contributed by atoms with E-state index in [0.717, 1.165) is 11.8 Å². The number of nitrogen functional groups attached to an aromatic ring is 1. The molecule has 2 heterocycles. The third-order valence-electron chi connectivity index (χ3n) is 4.21. The number of carbonyl (C=O) groups excluding carboxylic acids is 1. The van der Waals surface area contributed by atoms with E-state index in [4.69, 9.17) is 42.7 Å². The highest BCUT2D eigenvalue weighted by molar-refractivity contribution is 8.13. The zero-order valence-electron chi connectivity index (χ0n) is 17.9. The summed E-state index contributed by atoms with van der Waals surface area (Å²) in [5, 5.41) is 10.7. The van der Waals surface area contributed by atoms with E-state index < -0.39 is 30.3 Å². The van der Waals surface area contributed by atoms with Gasteiger partial charge in [-0.3, -0.25) is 13.9 Å². The predicted octanol–water partition coefficient (Wildman–Crippen LogP) is 2.60. The van der Waals surface area contributed by atoms with Gasteiger partial charge in [0, 0.05) is 18.3 Å². The van der Waals surface area contributed by atoms with Crippen LogP contribution in [0.3, 0.4) is 0 Å². The first-order chi connectivity index (χ1) is 14.9. The Bertz CT molecular complexity index is 957. The van der Waals surface area contributed by atoms with Gasteiger partial charge in [0.1, 0.15) is 24.1 Å². The molecule has 0 radical (unpaired) electrons. The molecule has 32 heavy (non-hydrogen) atoms. The molecule has 2 aromatic rings. The molecule has 0 amide bonds. The van der Waals surface area contributed by atoms with E-state index in [9.17, 15) is 14.5 Å². The molecule has 0 bridgehead atoms. The van der Waals surface area contributed by atoms with Crippen molar-refractivity contribution in [1.29, 1.82) is 0 Å². The lowest BCUT2D eigenvalue weighted by molar-refractivity contribution is -0.117. The monoisotopic (exact) mass is 529 g/mol. The number of aliphatic hydroxyl groups is 1. The number of alkyl halides is 2. The number of hydrogen-bond acceptors (Lipinski definition) is 11. The predicted molar refractivity (Wildman–Crippen MR) is 124 cm³/mol. The molecule has 180 valence electrons. The number of hydrogen-bond donors (Lipinski definition) is 2. The van der Waals surface area contributed by atoms with Crippen LogP contribution in [0.1, 0.15) is 20.8 Å². The van der Waals surface area contributed by atoms with Crippen LogP contribution in [0.5, 0.6) is 0 Å². The van der Waals surface area contributed by atoms with Crippen LogP contribution in [0.4, 0.5) is 5.82 Å². The van der Waals surface area contributed by atoms with Gasteiger partial charge in [-0.2, -0.15) is 0 Å². The van der Waals surface area contributed by atoms with Gasteiger partial charge in [0.2, 0.25) is 4.46 Å². The van der Waals surface area contributed by atoms with Gasteiger partial charge in [0.05, 0.1) is 19.5 Å². The molecule has 0 aromatic carbocycles. The van der Waals surface area contributed by atoms with Crippen LogP contribution in [0, 0.1) is 5.41 Å². The molecule has 11 nitrogen and oxygen atoms in total. The molecule has 0 saturated carbocycles. The molecule has 0 saturated heterocycles. The quantitative estimate of drug-likeness (QED) is 0.251. The van der Waals surface area contributed by atoms with Crippen molar-refractivity contribution in [1.82, 2.24) is 19.5 Å². The Balaban J connectivity index is 1.93. The van der Waals surface area contributed by atoms with Gasteiger partial charge in [-0.25, -0.2) is 15.0 Å². The Morgan fingerprint density at radius 1 is 1.31 bits per heavy atom. The van der Waals surface area contributed by atoms with Crippen LogP contribution in [0.2, 0.25) is 0 Å². The molecule has 3 N–H and O–H groups in total. The molecule has 2 aromatic heterocycles. The number of nitrogens with zero attached hydrogens (tertiary/aromatic N) is 4. The summed E-state index contributed by atoms with van der Waals surface area (Å²) in [6.07, 6.45) is -0.148. The number of anilines is 1. The number of aliphatic hydroxyl groups excluding tert-OH is 1. The van der Waals surface area contributed by atoms with Crippen LogP contribution in [0.25, 0.3) is 11.2 Å². The van der Waals surface area contributed by atoms with Crippen LogP contribution < -0.4 is 5.73 Å². The van der Waals surface area contributed by atoms with E-state index >= 15 is 0 Å². The van der Waals surface area contributed by atoms with Crippen LogP contribution in [-0.2, 0) is 27.6 Å². The van der Waals surface area contributed by atoms with Crippen molar-refractivity contribution >= 4 is 65.3 Å². The van der Waals surface area contributed by atoms with Crippen LogP contribution in [-0.4, -0.2) is 68.0 Å². The smallest absolute Gasteiger partial charge is 0.319 e. The molecule has 0 aliphatic carbocycles. The van der Waals surface area contributed by atoms with E-state index in [1.807, 2.05) is 20.8 Å². The number of halogens is 2. The second kappa shape index (κ2) is 11.4. The number of aromatic nitrogens is 4. The summed E-state index contributed by atoms with van der Waals surface area (Å²) in [6, 6.07) is 0. The molecule has 15 heteroatoms. The summed E-state index contributed by atoms with van der Waals surface area (Å²) in [7, 11) is -1.60. The largest absolute Gasteiger partial charge is 0.385 e. The van der Waals surface area contributed by atoms with Crippen molar-refractivity contribution in [2.75, 3.05) is 31.8 Å². The highest BCUT2D eigenvalue weighted by Gasteiger charge is 2.43. The maximum Gasteiger partial charge on any atom is 0.319 e. The Morgan fingerprint density at radius 3 is 2.62 bits per heavy atom. The van der Waals surface area contributed by atoms with Crippen LogP contribution in [0.15, 0.2) is 12.7 Å². The van der Waals surface area contributed by atoms with E-state index in [0.29, 0.717) is 5.75 Å². The summed E-state index contributed by atoms with van der Waals surface area (Å²) in [4.78, 5) is 23.8. The van der Waals surface area contributed by atoms with Gasteiger partial charge in [-0.1, -0.05) is 55.7 Å². The number of methoxy groups -OCH3 is 1. The fourth-order valence-electron chi connectivity index (χ4n) is 2.39. The number of ether oxygens (including phenoxy) is 1. The van der Waals surface area contributed by atoms with Crippen molar-refractivity contribution in [2.45, 2.75) is 37.4 Å². The average Bonchev–Trinajstić information content (AvgIpc) is 3.17. The van der Waals surface area contributed by atoms with Crippen molar-refractivity contribution < 1.29 is 28.3 Å². The second-order valence-electron chi connectivity index (χ2n) is 7.65. The summed E-state index contributed by atoms with van der Waals surface area (Å²) >= 11 is 13.9. The number of thioether (sulfide) groups is 1. The Hall–Kier alpha value is -0.980. The second-order valence-corrected chi connectivity index (χ2v) is 11.1. The molecule has 2 rings (SSSR count). The lowest BCUT2D eigenvalue weighted by atomic mass is 10.00. The highest BCUT2D eigenvalue weighted by atomic mass is 35.5. The number of nitrogens with two attached hydrogens (primary N) is 1. The summed E-state index contributed by atoms with van der Waals surface area (Å²) < 4.78 is 26.7. The zero-order valence-corrected chi connectivity index (χ0v) is 21.3. The zero-order chi connectivity index (χ0) is 24.1. The molecule has 3 atom stereocenters. The van der Waals surface area contributed by atoms with Gasteiger partial charge >= 0.3 is 8.25 Å². The first kappa shape index (κ1) is 27.3. The molecule has 0 aliphatic heterocycles. The molecular weight excluding hydrogens is 504 g/mol. The summed E-state index contributed by atoms with van der Waals surface area (Å²) in [5.74, 6) is 0.453. The van der Waals surface area contributed by atoms with Gasteiger partial charge in [-0.15, -0.1) is 0 Å². The van der Waals surface area contributed by atoms with Crippen LogP contribution >= 0.6 is 43.2 Å². The number of imidazole rings is 1. The maximum absolute atomic E-state index is 12.0. The van der Waals surface area contributed by atoms with Gasteiger partial charge in [-0.05, 0) is 0 Å².